The van der Waals surface area contributed by atoms with Crippen LogP contribution in [0.1, 0.15) is 20.8 Å². The Kier molecular flexibility index (Phi) is 3.56. The van der Waals surface area contributed by atoms with Gasteiger partial charge in [0, 0.05) is 28.8 Å². The highest BCUT2D eigenvalue weighted by molar-refractivity contribution is 7.89. The Morgan fingerprint density at radius 2 is 1.95 bits per heavy atom. The molecule has 6 heteroatoms. The molecule has 2 rings (SSSR count). The number of hydrogen-bond acceptors (Lipinski definition) is 3. The molecule has 1 heterocycles. The van der Waals surface area contributed by atoms with Gasteiger partial charge in [-0.25, -0.2) is 13.1 Å². The first-order chi connectivity index (χ1) is 8.81. The van der Waals surface area contributed by atoms with Crippen LogP contribution in [-0.2, 0) is 10.0 Å². The van der Waals surface area contributed by atoms with Gasteiger partial charge >= 0.3 is 0 Å². The lowest BCUT2D eigenvalue weighted by Crippen LogP contribution is -2.35. The summed E-state index contributed by atoms with van der Waals surface area (Å²) in [5.74, 6) is 0.227. The van der Waals surface area contributed by atoms with Crippen LogP contribution in [0, 0.1) is 5.92 Å². The number of aromatic nitrogens is 1. The maximum Gasteiger partial charge on any atom is 0.242 e. The van der Waals surface area contributed by atoms with Crippen LogP contribution in [0.4, 0.5) is 5.69 Å². The molecule has 0 radical (unpaired) electrons. The summed E-state index contributed by atoms with van der Waals surface area (Å²) in [4.78, 5) is 3.19. The van der Waals surface area contributed by atoms with Gasteiger partial charge in [-0.15, -0.1) is 0 Å². The molecule has 1 atom stereocenters. The molecular weight excluding hydrogens is 262 g/mol. The van der Waals surface area contributed by atoms with Gasteiger partial charge in [0.25, 0.3) is 0 Å². The second-order valence-electron chi connectivity index (χ2n) is 5.11. The van der Waals surface area contributed by atoms with E-state index in [1.165, 1.54) is 6.20 Å². The third-order valence-corrected chi connectivity index (χ3v) is 4.90. The molecule has 0 aliphatic rings. The molecule has 0 fully saturated rings. The minimum atomic E-state index is -3.54. The zero-order valence-electron chi connectivity index (χ0n) is 11.3. The van der Waals surface area contributed by atoms with E-state index >= 15 is 0 Å². The van der Waals surface area contributed by atoms with Crippen molar-refractivity contribution in [2.75, 3.05) is 5.73 Å². The summed E-state index contributed by atoms with van der Waals surface area (Å²) < 4.78 is 27.4. The summed E-state index contributed by atoms with van der Waals surface area (Å²) >= 11 is 0. The second kappa shape index (κ2) is 4.86. The van der Waals surface area contributed by atoms with E-state index in [4.69, 9.17) is 5.73 Å². The summed E-state index contributed by atoms with van der Waals surface area (Å²) in [5, 5.41) is 0.614. The fourth-order valence-electron chi connectivity index (χ4n) is 1.78. The fraction of sp³-hybridized carbons (Fsp3) is 0.385. The molecule has 0 amide bonds. The topological polar surface area (TPSA) is 88.0 Å². The zero-order chi connectivity index (χ0) is 14.2. The highest BCUT2D eigenvalue weighted by Gasteiger charge is 2.22. The molecule has 4 N–H and O–H groups in total. The van der Waals surface area contributed by atoms with Gasteiger partial charge in [-0.3, -0.25) is 0 Å². The number of H-pyrrole nitrogens is 1. The molecule has 1 aromatic carbocycles. The number of aromatic amines is 1. The Balaban J connectivity index is 2.46. The van der Waals surface area contributed by atoms with Crippen molar-refractivity contribution in [3.8, 4) is 0 Å². The van der Waals surface area contributed by atoms with Crippen molar-refractivity contribution in [2.45, 2.75) is 31.7 Å². The number of benzene rings is 1. The van der Waals surface area contributed by atoms with Gasteiger partial charge in [0.15, 0.2) is 0 Å². The number of sulfonamides is 1. The van der Waals surface area contributed by atoms with Crippen LogP contribution >= 0.6 is 0 Å². The Hall–Kier alpha value is -1.53. The zero-order valence-corrected chi connectivity index (χ0v) is 12.1. The average Bonchev–Trinajstić information content (AvgIpc) is 2.71. The molecule has 0 saturated carbocycles. The molecule has 0 spiro atoms. The van der Waals surface area contributed by atoms with Crippen LogP contribution in [-0.4, -0.2) is 19.4 Å². The van der Waals surface area contributed by atoms with Gasteiger partial charge in [0.1, 0.15) is 4.90 Å². The summed E-state index contributed by atoms with van der Waals surface area (Å²) in [5.41, 5.74) is 7.01. The quantitative estimate of drug-likeness (QED) is 0.750. The molecule has 1 unspecified atom stereocenters. The van der Waals surface area contributed by atoms with E-state index in [2.05, 4.69) is 9.71 Å². The lowest BCUT2D eigenvalue weighted by molar-refractivity contribution is 0.477. The Morgan fingerprint density at radius 1 is 1.26 bits per heavy atom. The summed E-state index contributed by atoms with van der Waals surface area (Å²) in [7, 11) is -3.54. The van der Waals surface area contributed by atoms with E-state index < -0.39 is 10.0 Å². The third-order valence-electron chi connectivity index (χ3n) is 3.30. The number of nitrogen functional groups attached to an aromatic ring is 1. The van der Waals surface area contributed by atoms with E-state index in [1.54, 1.807) is 18.2 Å². The van der Waals surface area contributed by atoms with E-state index in [9.17, 15) is 8.42 Å². The predicted molar refractivity (Wildman–Crippen MR) is 77.3 cm³/mol. The minimum absolute atomic E-state index is 0.129. The first kappa shape index (κ1) is 13.9. The lowest BCUT2D eigenvalue weighted by Gasteiger charge is -2.17. The molecule has 0 saturated heterocycles. The van der Waals surface area contributed by atoms with Crippen LogP contribution in [0.5, 0.6) is 0 Å². The van der Waals surface area contributed by atoms with Crippen LogP contribution < -0.4 is 10.5 Å². The maximum atomic E-state index is 12.4. The standard InChI is InChI=1S/C13H19N3O2S/c1-8(2)9(3)16-19(17,18)13-7-15-12-5-4-10(14)6-11(12)13/h4-9,15-16H,14H2,1-3H3. The van der Waals surface area contributed by atoms with Gasteiger partial charge in [-0.2, -0.15) is 0 Å². The number of nitrogens with two attached hydrogens (primary N) is 1. The number of rotatable bonds is 4. The largest absolute Gasteiger partial charge is 0.399 e. The van der Waals surface area contributed by atoms with Gasteiger partial charge in [-0.1, -0.05) is 13.8 Å². The van der Waals surface area contributed by atoms with Crippen molar-refractivity contribution in [2.24, 2.45) is 5.92 Å². The highest BCUT2D eigenvalue weighted by atomic mass is 32.2. The van der Waals surface area contributed by atoms with Crippen molar-refractivity contribution < 1.29 is 8.42 Å². The first-order valence-corrected chi connectivity index (χ1v) is 7.68. The summed E-state index contributed by atoms with van der Waals surface area (Å²) in [6.07, 6.45) is 1.50. The van der Waals surface area contributed by atoms with Gasteiger partial charge in [0.2, 0.25) is 10.0 Å². The van der Waals surface area contributed by atoms with Gasteiger partial charge in [-0.05, 0) is 31.0 Å². The van der Waals surface area contributed by atoms with Crippen molar-refractivity contribution in [1.29, 1.82) is 0 Å². The Bertz CT molecular complexity index is 689. The number of nitrogens with one attached hydrogen (secondary N) is 2. The maximum absolute atomic E-state index is 12.4. The first-order valence-electron chi connectivity index (χ1n) is 6.20. The van der Waals surface area contributed by atoms with E-state index in [1.807, 2.05) is 20.8 Å². The van der Waals surface area contributed by atoms with Crippen LogP contribution in [0.25, 0.3) is 10.9 Å². The van der Waals surface area contributed by atoms with E-state index in [0.717, 1.165) is 5.52 Å². The molecule has 0 aliphatic carbocycles. The lowest BCUT2D eigenvalue weighted by atomic mass is 10.1. The second-order valence-corrected chi connectivity index (χ2v) is 6.79. The van der Waals surface area contributed by atoms with Crippen LogP contribution in [0.3, 0.4) is 0 Å². The average molecular weight is 281 g/mol. The van der Waals surface area contributed by atoms with Crippen molar-refractivity contribution >= 4 is 26.6 Å². The van der Waals surface area contributed by atoms with Gasteiger partial charge in [0.05, 0.1) is 0 Å². The van der Waals surface area contributed by atoms with E-state index in [-0.39, 0.29) is 16.9 Å². The minimum Gasteiger partial charge on any atom is -0.399 e. The van der Waals surface area contributed by atoms with Crippen molar-refractivity contribution in [3.63, 3.8) is 0 Å². The molecule has 104 valence electrons. The Morgan fingerprint density at radius 3 is 2.58 bits per heavy atom. The number of anilines is 1. The Labute approximate surface area is 113 Å². The van der Waals surface area contributed by atoms with Crippen LogP contribution in [0.2, 0.25) is 0 Å². The van der Waals surface area contributed by atoms with Crippen molar-refractivity contribution in [3.05, 3.63) is 24.4 Å². The molecule has 0 aliphatic heterocycles. The molecule has 5 nitrogen and oxygen atoms in total. The highest BCUT2D eigenvalue weighted by Crippen LogP contribution is 2.25. The molecule has 19 heavy (non-hydrogen) atoms. The smallest absolute Gasteiger partial charge is 0.242 e. The predicted octanol–water partition coefficient (Wildman–Crippen LogP) is 2.07. The SMILES string of the molecule is CC(C)C(C)NS(=O)(=O)c1c[nH]c2ccc(N)cc12. The van der Waals surface area contributed by atoms with Crippen LogP contribution in [0.15, 0.2) is 29.3 Å². The third kappa shape index (κ3) is 2.74. The molecule has 1 aromatic heterocycles. The normalized spacial score (nSPS) is 14.1. The number of fused-ring (bicyclic) bond motifs is 1. The molecule has 0 bridgehead atoms. The number of hydrogen-bond donors (Lipinski definition) is 3. The summed E-state index contributed by atoms with van der Waals surface area (Å²) in [6.45, 7) is 5.80. The molecular formula is C13H19N3O2S. The fourth-order valence-corrected chi connectivity index (χ4v) is 3.34. The van der Waals surface area contributed by atoms with Crippen molar-refractivity contribution in [1.82, 2.24) is 9.71 Å². The summed E-state index contributed by atoms with van der Waals surface area (Å²) in [6, 6.07) is 5.05. The molecule has 2 aromatic rings. The van der Waals surface area contributed by atoms with E-state index in [0.29, 0.717) is 11.1 Å². The van der Waals surface area contributed by atoms with Gasteiger partial charge < -0.3 is 10.7 Å². The monoisotopic (exact) mass is 281 g/mol.